The maximum absolute atomic E-state index is 5.79. The lowest BCUT2D eigenvalue weighted by Crippen LogP contribution is -2.34. The normalized spacial score (nSPS) is 18.5. The van der Waals surface area contributed by atoms with Gasteiger partial charge >= 0.3 is 0 Å². The standard InChI is InChI=1S/C13H19BrN2S/c1-17-11-4-6-16(7-5-11)9-10-2-3-13(15)12(14)8-10/h2-3,8,11H,4-7,9,15H2,1H3. The van der Waals surface area contributed by atoms with E-state index in [1.807, 2.05) is 17.8 Å². The molecule has 0 aromatic heterocycles. The van der Waals surface area contributed by atoms with Crippen LogP contribution < -0.4 is 5.73 Å². The number of nitrogens with two attached hydrogens (primary N) is 1. The zero-order chi connectivity index (χ0) is 12.3. The molecule has 1 aromatic rings. The van der Waals surface area contributed by atoms with Gasteiger partial charge in [-0.3, -0.25) is 4.90 Å². The Labute approximate surface area is 116 Å². The van der Waals surface area contributed by atoms with E-state index in [1.165, 1.54) is 31.5 Å². The van der Waals surface area contributed by atoms with Crippen molar-refractivity contribution in [1.29, 1.82) is 0 Å². The maximum atomic E-state index is 5.79. The molecule has 0 amide bonds. The Bertz CT molecular complexity index is 376. The number of likely N-dealkylation sites (tertiary alicyclic amines) is 1. The number of thioether (sulfide) groups is 1. The van der Waals surface area contributed by atoms with Gasteiger partial charge in [-0.15, -0.1) is 0 Å². The van der Waals surface area contributed by atoms with Crippen molar-refractivity contribution in [3.05, 3.63) is 28.2 Å². The highest BCUT2D eigenvalue weighted by molar-refractivity contribution is 9.10. The van der Waals surface area contributed by atoms with E-state index in [0.717, 1.165) is 22.0 Å². The Kier molecular flexibility index (Phi) is 4.77. The molecular formula is C13H19BrN2S. The van der Waals surface area contributed by atoms with Gasteiger partial charge in [0.25, 0.3) is 0 Å². The molecule has 2 nitrogen and oxygen atoms in total. The first-order chi connectivity index (χ1) is 8.19. The summed E-state index contributed by atoms with van der Waals surface area (Å²) in [5.41, 5.74) is 7.95. The summed E-state index contributed by atoms with van der Waals surface area (Å²) >= 11 is 5.49. The van der Waals surface area contributed by atoms with Crippen LogP contribution in [0.2, 0.25) is 0 Å². The van der Waals surface area contributed by atoms with Gasteiger partial charge in [-0.25, -0.2) is 0 Å². The summed E-state index contributed by atoms with van der Waals surface area (Å²) in [7, 11) is 0. The van der Waals surface area contributed by atoms with E-state index in [2.05, 4.69) is 39.2 Å². The number of nitrogen functional groups attached to an aromatic ring is 1. The highest BCUT2D eigenvalue weighted by Crippen LogP contribution is 2.24. The average molecular weight is 315 g/mol. The molecule has 0 unspecified atom stereocenters. The van der Waals surface area contributed by atoms with Crippen LogP contribution in [-0.4, -0.2) is 29.5 Å². The van der Waals surface area contributed by atoms with Gasteiger partial charge in [0.2, 0.25) is 0 Å². The van der Waals surface area contributed by atoms with Crippen LogP contribution in [0.5, 0.6) is 0 Å². The Hall–Kier alpha value is -0.190. The summed E-state index contributed by atoms with van der Waals surface area (Å²) in [4.78, 5) is 2.53. The van der Waals surface area contributed by atoms with Gasteiger partial charge in [0, 0.05) is 22.0 Å². The summed E-state index contributed by atoms with van der Waals surface area (Å²) in [5, 5.41) is 0.865. The first-order valence-corrected chi connectivity index (χ1v) is 8.06. The number of piperidine rings is 1. The molecule has 0 saturated carbocycles. The van der Waals surface area contributed by atoms with Crippen LogP contribution in [0.3, 0.4) is 0 Å². The monoisotopic (exact) mass is 314 g/mol. The second-order valence-electron chi connectivity index (χ2n) is 4.57. The number of halogens is 1. The van der Waals surface area contributed by atoms with E-state index < -0.39 is 0 Å². The van der Waals surface area contributed by atoms with Crippen molar-refractivity contribution in [2.24, 2.45) is 0 Å². The zero-order valence-electron chi connectivity index (χ0n) is 10.2. The Balaban J connectivity index is 1.91. The summed E-state index contributed by atoms with van der Waals surface area (Å²) < 4.78 is 1.01. The third-order valence-electron chi connectivity index (χ3n) is 3.34. The molecule has 2 rings (SSSR count). The lowest BCUT2D eigenvalue weighted by molar-refractivity contribution is 0.225. The summed E-state index contributed by atoms with van der Waals surface area (Å²) in [6.45, 7) is 3.47. The van der Waals surface area contributed by atoms with Gasteiger partial charge in [-0.1, -0.05) is 6.07 Å². The molecule has 1 aliphatic rings. The quantitative estimate of drug-likeness (QED) is 0.867. The van der Waals surface area contributed by atoms with E-state index in [0.29, 0.717) is 0 Å². The molecule has 0 radical (unpaired) electrons. The predicted octanol–water partition coefficient (Wildman–Crippen LogP) is 3.36. The van der Waals surface area contributed by atoms with Gasteiger partial charge in [0.15, 0.2) is 0 Å². The molecule has 1 saturated heterocycles. The molecule has 94 valence electrons. The highest BCUT2D eigenvalue weighted by atomic mass is 79.9. The van der Waals surface area contributed by atoms with Gasteiger partial charge in [-0.2, -0.15) is 11.8 Å². The highest BCUT2D eigenvalue weighted by Gasteiger charge is 2.18. The van der Waals surface area contributed by atoms with Crippen LogP contribution in [-0.2, 0) is 6.54 Å². The molecule has 4 heteroatoms. The second kappa shape index (κ2) is 6.12. The Morgan fingerprint density at radius 3 is 2.71 bits per heavy atom. The number of hydrogen-bond donors (Lipinski definition) is 1. The van der Waals surface area contributed by atoms with Crippen molar-refractivity contribution in [3.8, 4) is 0 Å². The van der Waals surface area contributed by atoms with E-state index in [-0.39, 0.29) is 0 Å². The minimum atomic E-state index is 0.815. The van der Waals surface area contributed by atoms with Crippen LogP contribution in [0.15, 0.2) is 22.7 Å². The molecule has 2 N–H and O–H groups in total. The molecule has 17 heavy (non-hydrogen) atoms. The first kappa shape index (κ1) is 13.2. The van der Waals surface area contributed by atoms with E-state index in [9.17, 15) is 0 Å². The Morgan fingerprint density at radius 1 is 1.41 bits per heavy atom. The number of rotatable bonds is 3. The molecule has 1 aromatic carbocycles. The maximum Gasteiger partial charge on any atom is 0.0458 e. The SMILES string of the molecule is CSC1CCN(Cc2ccc(N)c(Br)c2)CC1. The van der Waals surface area contributed by atoms with Gasteiger partial charge in [-0.05, 0) is 65.8 Å². The van der Waals surface area contributed by atoms with Gasteiger partial charge < -0.3 is 5.73 Å². The lowest BCUT2D eigenvalue weighted by atomic mass is 10.1. The van der Waals surface area contributed by atoms with Crippen LogP contribution in [0.1, 0.15) is 18.4 Å². The largest absolute Gasteiger partial charge is 0.398 e. The zero-order valence-corrected chi connectivity index (χ0v) is 12.6. The van der Waals surface area contributed by atoms with E-state index >= 15 is 0 Å². The van der Waals surface area contributed by atoms with Crippen molar-refractivity contribution >= 4 is 33.4 Å². The predicted molar refractivity (Wildman–Crippen MR) is 80.4 cm³/mol. The number of anilines is 1. The van der Waals surface area contributed by atoms with E-state index in [1.54, 1.807) is 0 Å². The summed E-state index contributed by atoms with van der Waals surface area (Å²) in [6.07, 6.45) is 4.85. The van der Waals surface area contributed by atoms with Crippen molar-refractivity contribution in [2.75, 3.05) is 25.1 Å². The summed E-state index contributed by atoms with van der Waals surface area (Å²) in [6, 6.07) is 6.24. The number of nitrogens with zero attached hydrogens (tertiary/aromatic N) is 1. The molecule has 0 atom stereocenters. The topological polar surface area (TPSA) is 29.3 Å². The summed E-state index contributed by atoms with van der Waals surface area (Å²) in [5.74, 6) is 0. The first-order valence-electron chi connectivity index (χ1n) is 5.98. The van der Waals surface area contributed by atoms with Crippen molar-refractivity contribution in [3.63, 3.8) is 0 Å². The third-order valence-corrected chi connectivity index (χ3v) is 5.16. The molecule has 0 bridgehead atoms. The number of benzene rings is 1. The van der Waals surface area contributed by atoms with Crippen molar-refractivity contribution in [2.45, 2.75) is 24.6 Å². The average Bonchev–Trinajstić information content (AvgIpc) is 2.35. The molecule has 1 fully saturated rings. The number of hydrogen-bond acceptors (Lipinski definition) is 3. The van der Waals surface area contributed by atoms with Crippen molar-refractivity contribution in [1.82, 2.24) is 4.90 Å². The second-order valence-corrected chi connectivity index (χ2v) is 6.56. The molecule has 0 aliphatic carbocycles. The minimum Gasteiger partial charge on any atom is -0.398 e. The molecule has 1 aliphatic heterocycles. The van der Waals surface area contributed by atoms with E-state index in [4.69, 9.17) is 5.73 Å². The Morgan fingerprint density at radius 2 is 2.12 bits per heavy atom. The molecule has 1 heterocycles. The fraction of sp³-hybridized carbons (Fsp3) is 0.538. The molecular weight excluding hydrogens is 296 g/mol. The van der Waals surface area contributed by atoms with Gasteiger partial charge in [0.1, 0.15) is 0 Å². The molecule has 0 spiro atoms. The fourth-order valence-electron chi connectivity index (χ4n) is 2.23. The third kappa shape index (κ3) is 3.63. The van der Waals surface area contributed by atoms with Gasteiger partial charge in [0.05, 0.1) is 0 Å². The van der Waals surface area contributed by atoms with Crippen LogP contribution in [0, 0.1) is 0 Å². The van der Waals surface area contributed by atoms with Crippen molar-refractivity contribution < 1.29 is 0 Å². The smallest absolute Gasteiger partial charge is 0.0458 e. The fourth-order valence-corrected chi connectivity index (χ4v) is 3.34. The van der Waals surface area contributed by atoms with Crippen LogP contribution >= 0.6 is 27.7 Å². The lowest BCUT2D eigenvalue weighted by Gasteiger charge is -2.31. The van der Waals surface area contributed by atoms with Crippen LogP contribution in [0.4, 0.5) is 5.69 Å². The van der Waals surface area contributed by atoms with Crippen LogP contribution in [0.25, 0.3) is 0 Å². The minimum absolute atomic E-state index is 0.815.